The van der Waals surface area contributed by atoms with Crippen LogP contribution in [0.5, 0.6) is 5.75 Å². The largest absolute Gasteiger partial charge is 0.489 e. The van der Waals surface area contributed by atoms with Crippen LogP contribution in [0.2, 0.25) is 0 Å². The summed E-state index contributed by atoms with van der Waals surface area (Å²) in [4.78, 5) is 22.8. The molecule has 0 saturated heterocycles. The predicted molar refractivity (Wildman–Crippen MR) is 126 cm³/mol. The lowest BCUT2D eigenvalue weighted by atomic mass is 10.0. The van der Waals surface area contributed by atoms with Crippen LogP contribution in [0, 0.1) is 0 Å². The number of hydrogen-bond donors (Lipinski definition) is 1. The Hall–Kier alpha value is -3.12. The normalized spacial score (nSPS) is 14.1. The summed E-state index contributed by atoms with van der Waals surface area (Å²) in [6.45, 7) is 9.46. The van der Waals surface area contributed by atoms with E-state index in [0.717, 1.165) is 22.1 Å². The van der Waals surface area contributed by atoms with Crippen molar-refractivity contribution >= 4 is 16.9 Å². The fourth-order valence-electron chi connectivity index (χ4n) is 3.16. The van der Waals surface area contributed by atoms with Gasteiger partial charge in [0.1, 0.15) is 24.0 Å². The van der Waals surface area contributed by atoms with Gasteiger partial charge < -0.3 is 19.0 Å². The van der Waals surface area contributed by atoms with Crippen LogP contribution in [-0.4, -0.2) is 29.9 Å². The van der Waals surface area contributed by atoms with Crippen molar-refractivity contribution in [3.63, 3.8) is 0 Å². The fourth-order valence-corrected chi connectivity index (χ4v) is 3.16. The van der Waals surface area contributed by atoms with Gasteiger partial charge in [-0.05, 0) is 64.0 Å². The lowest BCUT2D eigenvalue weighted by Crippen LogP contribution is -2.19. The minimum Gasteiger partial charge on any atom is -0.489 e. The molecule has 0 aliphatic heterocycles. The predicted octanol–water partition coefficient (Wildman–Crippen LogP) is 5.10. The van der Waals surface area contributed by atoms with Crippen LogP contribution in [0.15, 0.2) is 74.5 Å². The number of ether oxygens (including phenoxy) is 2. The standard InChI is InChI=1S/C26H32O6/c1-17(2)6-10-24(31-20(5)27)19(4)15-22(28)14-18(3)12-13-30-23-9-7-21-8-11-26(29)32-25(21)16-23/h6-9,11-12,15-16,22,24,28H,10,13-14H2,1-5H3/t22-,24+/m0/s1. The van der Waals surface area contributed by atoms with E-state index >= 15 is 0 Å². The van der Waals surface area contributed by atoms with Crippen molar-refractivity contribution in [3.8, 4) is 5.75 Å². The molecular formula is C26H32O6. The number of benzene rings is 1. The molecule has 2 rings (SSSR count). The monoisotopic (exact) mass is 440 g/mol. The summed E-state index contributed by atoms with van der Waals surface area (Å²) in [5, 5.41) is 11.3. The van der Waals surface area contributed by atoms with Gasteiger partial charge in [0.15, 0.2) is 0 Å². The first kappa shape index (κ1) is 25.1. The molecule has 2 atom stereocenters. The maximum atomic E-state index is 11.4. The van der Waals surface area contributed by atoms with E-state index < -0.39 is 17.8 Å². The van der Waals surface area contributed by atoms with Crippen molar-refractivity contribution in [1.82, 2.24) is 0 Å². The summed E-state index contributed by atoms with van der Waals surface area (Å²) in [7, 11) is 0. The summed E-state index contributed by atoms with van der Waals surface area (Å²) in [6, 6.07) is 8.41. The zero-order valence-electron chi connectivity index (χ0n) is 19.4. The van der Waals surface area contributed by atoms with Crippen molar-refractivity contribution in [2.45, 2.75) is 59.7 Å². The van der Waals surface area contributed by atoms with E-state index in [9.17, 15) is 14.7 Å². The van der Waals surface area contributed by atoms with E-state index in [-0.39, 0.29) is 5.97 Å². The third kappa shape index (κ3) is 8.55. The van der Waals surface area contributed by atoms with Crippen LogP contribution >= 0.6 is 0 Å². The van der Waals surface area contributed by atoms with Crippen LogP contribution < -0.4 is 10.4 Å². The van der Waals surface area contributed by atoms with Crippen molar-refractivity contribution in [2.24, 2.45) is 0 Å². The van der Waals surface area contributed by atoms with Gasteiger partial charge in [0.25, 0.3) is 0 Å². The zero-order valence-corrected chi connectivity index (χ0v) is 19.4. The van der Waals surface area contributed by atoms with Gasteiger partial charge in [-0.1, -0.05) is 23.3 Å². The highest BCUT2D eigenvalue weighted by molar-refractivity contribution is 5.77. The topological polar surface area (TPSA) is 86.0 Å². The number of aliphatic hydroxyl groups is 1. The smallest absolute Gasteiger partial charge is 0.336 e. The summed E-state index contributed by atoms with van der Waals surface area (Å²) in [5.74, 6) is 0.247. The van der Waals surface area contributed by atoms with Gasteiger partial charge in [-0.3, -0.25) is 4.79 Å². The molecule has 1 aromatic heterocycles. The summed E-state index contributed by atoms with van der Waals surface area (Å²) >= 11 is 0. The van der Waals surface area contributed by atoms with Gasteiger partial charge in [-0.25, -0.2) is 4.79 Å². The molecule has 0 aliphatic carbocycles. The zero-order chi connectivity index (χ0) is 23.7. The molecule has 0 fully saturated rings. The molecule has 6 heteroatoms. The number of aliphatic hydroxyl groups excluding tert-OH is 1. The third-order valence-electron chi connectivity index (χ3n) is 4.82. The Balaban J connectivity index is 1.95. The van der Waals surface area contributed by atoms with E-state index in [2.05, 4.69) is 0 Å². The van der Waals surface area contributed by atoms with E-state index in [4.69, 9.17) is 13.9 Å². The Labute approximate surface area is 188 Å². The molecule has 0 bridgehead atoms. The Bertz CT molecular complexity index is 1070. The Morgan fingerprint density at radius 3 is 2.50 bits per heavy atom. The minimum atomic E-state index is -0.703. The molecular weight excluding hydrogens is 408 g/mol. The number of allylic oxidation sites excluding steroid dienone is 1. The van der Waals surface area contributed by atoms with Crippen molar-refractivity contribution in [3.05, 3.63) is 75.7 Å². The molecule has 0 spiro atoms. The molecule has 0 unspecified atom stereocenters. The highest BCUT2D eigenvalue weighted by atomic mass is 16.5. The molecule has 32 heavy (non-hydrogen) atoms. The average molecular weight is 441 g/mol. The van der Waals surface area contributed by atoms with Crippen molar-refractivity contribution in [1.29, 1.82) is 0 Å². The number of fused-ring (bicyclic) bond motifs is 1. The second-order valence-electron chi connectivity index (χ2n) is 8.11. The second kappa shape index (κ2) is 12.1. The van der Waals surface area contributed by atoms with Gasteiger partial charge in [-0.2, -0.15) is 0 Å². The molecule has 1 aromatic carbocycles. The summed E-state index contributed by atoms with van der Waals surface area (Å²) < 4.78 is 16.3. The maximum absolute atomic E-state index is 11.4. The van der Waals surface area contributed by atoms with Crippen LogP contribution in [0.3, 0.4) is 0 Å². The fraction of sp³-hybridized carbons (Fsp3) is 0.385. The SMILES string of the molecule is CC(=O)O[C@H](CC=C(C)C)C(C)=C[C@@H](O)CC(C)=CCOc1ccc2ccc(=O)oc2c1. The average Bonchev–Trinajstić information content (AvgIpc) is 2.70. The van der Waals surface area contributed by atoms with Crippen LogP contribution in [-0.2, 0) is 9.53 Å². The molecule has 2 aromatic rings. The molecule has 1 N–H and O–H groups in total. The lowest BCUT2D eigenvalue weighted by Gasteiger charge is -2.18. The first-order valence-corrected chi connectivity index (χ1v) is 10.6. The molecule has 1 heterocycles. The highest BCUT2D eigenvalue weighted by Crippen LogP contribution is 2.20. The van der Waals surface area contributed by atoms with E-state index in [1.165, 1.54) is 13.0 Å². The molecule has 0 radical (unpaired) electrons. The maximum Gasteiger partial charge on any atom is 0.336 e. The van der Waals surface area contributed by atoms with Gasteiger partial charge in [0.2, 0.25) is 0 Å². The van der Waals surface area contributed by atoms with E-state index in [0.29, 0.717) is 30.8 Å². The number of carbonyl (C=O) groups is 1. The number of hydrogen-bond acceptors (Lipinski definition) is 6. The van der Waals surface area contributed by atoms with Crippen LogP contribution in [0.4, 0.5) is 0 Å². The molecule has 0 aliphatic rings. The van der Waals surface area contributed by atoms with E-state index in [1.54, 1.807) is 18.2 Å². The minimum absolute atomic E-state index is 0.320. The van der Waals surface area contributed by atoms with Crippen LogP contribution in [0.25, 0.3) is 11.0 Å². The van der Waals surface area contributed by atoms with E-state index in [1.807, 2.05) is 52.0 Å². The van der Waals surface area contributed by atoms with Gasteiger partial charge in [-0.15, -0.1) is 0 Å². The number of carbonyl (C=O) groups excluding carboxylic acids is 1. The molecule has 6 nitrogen and oxygen atoms in total. The third-order valence-corrected chi connectivity index (χ3v) is 4.82. The molecule has 0 amide bonds. The second-order valence-corrected chi connectivity index (χ2v) is 8.11. The Morgan fingerprint density at radius 1 is 1.09 bits per heavy atom. The highest BCUT2D eigenvalue weighted by Gasteiger charge is 2.14. The molecule has 0 saturated carbocycles. The first-order valence-electron chi connectivity index (χ1n) is 10.6. The van der Waals surface area contributed by atoms with Crippen molar-refractivity contribution < 1.29 is 23.8 Å². The van der Waals surface area contributed by atoms with Crippen molar-refractivity contribution in [2.75, 3.05) is 6.61 Å². The number of rotatable bonds is 10. The lowest BCUT2D eigenvalue weighted by molar-refractivity contribution is -0.144. The number of esters is 1. The Kier molecular flexibility index (Phi) is 9.47. The molecule has 172 valence electrons. The first-order chi connectivity index (χ1) is 15.1. The van der Waals surface area contributed by atoms with Crippen LogP contribution in [0.1, 0.15) is 47.5 Å². The Morgan fingerprint density at radius 2 is 1.81 bits per heavy atom. The van der Waals surface area contributed by atoms with Gasteiger partial charge in [0.05, 0.1) is 6.10 Å². The quantitative estimate of drug-likeness (QED) is 0.314. The summed E-state index contributed by atoms with van der Waals surface area (Å²) in [5.41, 5.74) is 2.98. The van der Waals surface area contributed by atoms with Gasteiger partial charge in [0, 0.05) is 30.9 Å². The van der Waals surface area contributed by atoms with Gasteiger partial charge >= 0.3 is 11.6 Å². The summed E-state index contributed by atoms with van der Waals surface area (Å²) in [6.07, 6.45) is 5.55.